The Balaban J connectivity index is 1.91. The molecule has 0 saturated carbocycles. The Bertz CT molecular complexity index is 634. The van der Waals surface area contributed by atoms with Crippen molar-refractivity contribution in [2.75, 3.05) is 21.2 Å². The molecular weight excluding hydrogens is 292 g/mol. The molecule has 0 fully saturated rings. The molecule has 124 valence electrons. The van der Waals surface area contributed by atoms with Gasteiger partial charge in [0.25, 0.3) is 0 Å². The first-order chi connectivity index (χ1) is 11.2. The van der Waals surface area contributed by atoms with Crippen LogP contribution in [0.2, 0.25) is 0 Å². The van der Waals surface area contributed by atoms with Crippen LogP contribution < -0.4 is 10.1 Å². The Hall–Kier alpha value is -2.50. The van der Waals surface area contributed by atoms with Crippen molar-refractivity contribution in [1.29, 1.82) is 0 Å². The maximum atomic E-state index is 5.27. The van der Waals surface area contributed by atoms with Crippen LogP contribution in [0.5, 0.6) is 5.75 Å². The number of methoxy groups -OCH3 is 1. The number of hydrogen-bond acceptors (Lipinski definition) is 4. The number of hydrogen-bond donors (Lipinski definition) is 1. The molecule has 2 aromatic rings. The molecule has 1 aromatic heterocycles. The summed E-state index contributed by atoms with van der Waals surface area (Å²) < 4.78 is 10.4. The van der Waals surface area contributed by atoms with Crippen LogP contribution in [0, 0.1) is 0 Å². The van der Waals surface area contributed by atoms with Gasteiger partial charge in [0.05, 0.1) is 19.3 Å². The zero-order valence-electron chi connectivity index (χ0n) is 14.2. The van der Waals surface area contributed by atoms with Crippen molar-refractivity contribution >= 4 is 5.96 Å². The average Bonchev–Trinajstić information content (AvgIpc) is 3.04. The van der Waals surface area contributed by atoms with E-state index in [0.717, 1.165) is 36.1 Å². The maximum absolute atomic E-state index is 5.27. The average molecular weight is 316 g/mol. The zero-order chi connectivity index (χ0) is 16.7. The summed E-state index contributed by atoms with van der Waals surface area (Å²) in [6.45, 7) is 3.36. The van der Waals surface area contributed by atoms with Crippen LogP contribution in [0.4, 0.5) is 0 Å². The predicted molar refractivity (Wildman–Crippen MR) is 90.5 cm³/mol. The van der Waals surface area contributed by atoms with E-state index in [1.165, 1.54) is 5.56 Å². The van der Waals surface area contributed by atoms with E-state index < -0.39 is 0 Å². The molecule has 0 saturated heterocycles. The van der Waals surface area contributed by atoms with Crippen molar-refractivity contribution in [3.05, 3.63) is 47.3 Å². The molecule has 6 nitrogen and oxygen atoms in total. The van der Waals surface area contributed by atoms with Crippen LogP contribution in [-0.4, -0.2) is 37.2 Å². The fourth-order valence-corrected chi connectivity index (χ4v) is 2.24. The number of aliphatic imine (C=N–C) groups is 1. The van der Waals surface area contributed by atoms with Gasteiger partial charge in [-0.25, -0.2) is 0 Å². The standard InChI is InChI=1S/C17H24N4O2/c1-5-14-10-16(23-20-14)11-19-17(18-2)21(3)12-13-6-8-15(22-4)9-7-13/h6-10H,5,11-12H2,1-4H3,(H,18,19). The Morgan fingerprint density at radius 3 is 2.65 bits per heavy atom. The lowest BCUT2D eigenvalue weighted by atomic mass is 10.2. The summed E-state index contributed by atoms with van der Waals surface area (Å²) in [7, 11) is 5.43. The smallest absolute Gasteiger partial charge is 0.194 e. The Morgan fingerprint density at radius 1 is 1.35 bits per heavy atom. The van der Waals surface area contributed by atoms with E-state index in [-0.39, 0.29) is 0 Å². The van der Waals surface area contributed by atoms with E-state index in [2.05, 4.69) is 27.3 Å². The predicted octanol–water partition coefficient (Wildman–Crippen LogP) is 2.45. The summed E-state index contributed by atoms with van der Waals surface area (Å²) in [5.74, 6) is 2.46. The minimum atomic E-state index is 0.562. The van der Waals surface area contributed by atoms with Gasteiger partial charge in [-0.05, 0) is 24.1 Å². The largest absolute Gasteiger partial charge is 0.497 e. The Kier molecular flexibility index (Phi) is 6.02. The lowest BCUT2D eigenvalue weighted by Gasteiger charge is -2.21. The van der Waals surface area contributed by atoms with Gasteiger partial charge in [-0.2, -0.15) is 0 Å². The monoisotopic (exact) mass is 316 g/mol. The van der Waals surface area contributed by atoms with Crippen LogP contribution in [0.25, 0.3) is 0 Å². The van der Waals surface area contributed by atoms with Gasteiger partial charge in [-0.1, -0.05) is 24.2 Å². The number of nitrogens with zero attached hydrogens (tertiary/aromatic N) is 3. The highest BCUT2D eigenvalue weighted by Crippen LogP contribution is 2.12. The van der Waals surface area contributed by atoms with Crippen LogP contribution >= 0.6 is 0 Å². The van der Waals surface area contributed by atoms with E-state index in [1.807, 2.05) is 37.4 Å². The van der Waals surface area contributed by atoms with Crippen LogP contribution in [0.1, 0.15) is 23.9 Å². The molecule has 1 heterocycles. The third kappa shape index (κ3) is 4.74. The molecule has 6 heteroatoms. The van der Waals surface area contributed by atoms with Crippen molar-refractivity contribution in [3.8, 4) is 5.75 Å². The number of ether oxygens (including phenoxy) is 1. The first kappa shape index (κ1) is 16.9. The second-order valence-electron chi connectivity index (χ2n) is 5.24. The summed E-state index contributed by atoms with van der Waals surface area (Å²) in [6, 6.07) is 9.98. The lowest BCUT2D eigenvalue weighted by Crippen LogP contribution is -2.37. The van der Waals surface area contributed by atoms with E-state index >= 15 is 0 Å². The third-order valence-corrected chi connectivity index (χ3v) is 3.54. The summed E-state index contributed by atoms with van der Waals surface area (Å²) in [5.41, 5.74) is 2.15. The highest BCUT2D eigenvalue weighted by Gasteiger charge is 2.09. The number of guanidine groups is 1. The molecule has 2 rings (SSSR count). The summed E-state index contributed by atoms with van der Waals surface area (Å²) in [6.07, 6.45) is 0.871. The molecule has 0 aliphatic rings. The fourth-order valence-electron chi connectivity index (χ4n) is 2.24. The van der Waals surface area contributed by atoms with Gasteiger partial charge in [0.2, 0.25) is 0 Å². The van der Waals surface area contributed by atoms with Gasteiger partial charge in [0, 0.05) is 26.7 Å². The Morgan fingerprint density at radius 2 is 2.09 bits per heavy atom. The van der Waals surface area contributed by atoms with Crippen molar-refractivity contribution in [2.24, 2.45) is 4.99 Å². The van der Waals surface area contributed by atoms with E-state index in [9.17, 15) is 0 Å². The lowest BCUT2D eigenvalue weighted by molar-refractivity contribution is 0.371. The number of aryl methyl sites for hydroxylation is 1. The summed E-state index contributed by atoms with van der Waals surface area (Å²) in [5, 5.41) is 7.27. The first-order valence-corrected chi connectivity index (χ1v) is 7.65. The van der Waals surface area contributed by atoms with E-state index in [1.54, 1.807) is 14.2 Å². The van der Waals surface area contributed by atoms with Gasteiger partial charge in [-0.3, -0.25) is 4.99 Å². The third-order valence-electron chi connectivity index (χ3n) is 3.54. The van der Waals surface area contributed by atoms with Gasteiger partial charge in [0.15, 0.2) is 11.7 Å². The number of nitrogens with one attached hydrogen (secondary N) is 1. The fraction of sp³-hybridized carbons (Fsp3) is 0.412. The van der Waals surface area contributed by atoms with Crippen molar-refractivity contribution in [3.63, 3.8) is 0 Å². The minimum absolute atomic E-state index is 0.562. The maximum Gasteiger partial charge on any atom is 0.194 e. The molecule has 1 aromatic carbocycles. The molecule has 0 bridgehead atoms. The molecule has 0 radical (unpaired) electrons. The topological polar surface area (TPSA) is 62.9 Å². The van der Waals surface area contributed by atoms with Gasteiger partial charge in [0.1, 0.15) is 5.75 Å². The molecule has 0 aliphatic heterocycles. The molecule has 0 aliphatic carbocycles. The SMILES string of the molecule is CCc1cc(CNC(=NC)N(C)Cc2ccc(OC)cc2)on1. The minimum Gasteiger partial charge on any atom is -0.497 e. The van der Waals surface area contributed by atoms with Gasteiger partial charge < -0.3 is 19.5 Å². The molecule has 0 atom stereocenters. The normalized spacial score (nSPS) is 11.4. The van der Waals surface area contributed by atoms with Crippen molar-refractivity contribution < 1.29 is 9.26 Å². The van der Waals surface area contributed by atoms with E-state index in [4.69, 9.17) is 9.26 Å². The highest BCUT2D eigenvalue weighted by molar-refractivity contribution is 5.79. The number of rotatable bonds is 6. The number of aromatic nitrogens is 1. The second kappa shape index (κ2) is 8.22. The number of benzene rings is 1. The first-order valence-electron chi connectivity index (χ1n) is 7.65. The van der Waals surface area contributed by atoms with Crippen molar-refractivity contribution in [1.82, 2.24) is 15.4 Å². The molecule has 0 unspecified atom stereocenters. The molecular formula is C17H24N4O2. The van der Waals surface area contributed by atoms with Gasteiger partial charge in [-0.15, -0.1) is 0 Å². The molecule has 1 N–H and O–H groups in total. The van der Waals surface area contributed by atoms with Crippen molar-refractivity contribution in [2.45, 2.75) is 26.4 Å². The second-order valence-corrected chi connectivity index (χ2v) is 5.24. The van der Waals surface area contributed by atoms with Crippen LogP contribution in [0.15, 0.2) is 39.8 Å². The molecule has 23 heavy (non-hydrogen) atoms. The van der Waals surface area contributed by atoms with Crippen LogP contribution in [-0.2, 0) is 19.5 Å². The van der Waals surface area contributed by atoms with Gasteiger partial charge >= 0.3 is 0 Å². The quantitative estimate of drug-likeness (QED) is 0.655. The molecule has 0 spiro atoms. The molecule has 0 amide bonds. The highest BCUT2D eigenvalue weighted by atomic mass is 16.5. The summed E-state index contributed by atoms with van der Waals surface area (Å²) in [4.78, 5) is 6.36. The summed E-state index contributed by atoms with van der Waals surface area (Å²) >= 11 is 0. The van der Waals surface area contributed by atoms with Crippen LogP contribution in [0.3, 0.4) is 0 Å². The van der Waals surface area contributed by atoms with E-state index in [0.29, 0.717) is 6.54 Å². The Labute approximate surface area is 137 Å². The zero-order valence-corrected chi connectivity index (χ0v) is 14.2.